The van der Waals surface area contributed by atoms with Crippen LogP contribution in [0.2, 0.25) is 0 Å². The van der Waals surface area contributed by atoms with Crippen molar-refractivity contribution in [3.63, 3.8) is 0 Å². The van der Waals surface area contributed by atoms with Gasteiger partial charge in [0.15, 0.2) is 5.75 Å². The van der Waals surface area contributed by atoms with Crippen molar-refractivity contribution < 1.29 is 9.53 Å². The van der Waals surface area contributed by atoms with E-state index in [1.807, 2.05) is 31.4 Å². The number of ether oxygens (including phenoxy) is 1. The predicted octanol–water partition coefficient (Wildman–Crippen LogP) is 3.00. The molecule has 0 radical (unpaired) electrons. The molecular weight excluding hydrogens is 260 g/mol. The molecule has 1 amide bonds. The number of primary amides is 1. The molecular formula is C14H14N2O2S. The van der Waals surface area contributed by atoms with Crippen molar-refractivity contribution >= 4 is 17.7 Å². The van der Waals surface area contributed by atoms with Crippen LogP contribution in [0.25, 0.3) is 0 Å². The van der Waals surface area contributed by atoms with Crippen molar-refractivity contribution in [2.24, 2.45) is 5.73 Å². The molecule has 1 heterocycles. The number of carbonyl (C=O) groups is 1. The van der Waals surface area contributed by atoms with Gasteiger partial charge in [0.25, 0.3) is 5.91 Å². The van der Waals surface area contributed by atoms with Gasteiger partial charge in [-0.15, -0.1) is 11.8 Å². The number of benzene rings is 1. The zero-order valence-corrected chi connectivity index (χ0v) is 11.5. The van der Waals surface area contributed by atoms with Crippen molar-refractivity contribution in [2.45, 2.75) is 11.8 Å². The second kappa shape index (κ2) is 5.75. The van der Waals surface area contributed by atoms with Gasteiger partial charge in [0.1, 0.15) is 5.75 Å². The van der Waals surface area contributed by atoms with Crippen LogP contribution < -0.4 is 10.5 Å². The normalized spacial score (nSPS) is 10.2. The smallest absolute Gasteiger partial charge is 0.252 e. The lowest BCUT2D eigenvalue weighted by molar-refractivity contribution is 0.0998. The maximum Gasteiger partial charge on any atom is 0.252 e. The van der Waals surface area contributed by atoms with Gasteiger partial charge in [0.2, 0.25) is 0 Å². The molecule has 0 saturated heterocycles. The molecule has 1 aromatic heterocycles. The van der Waals surface area contributed by atoms with Crippen LogP contribution in [0, 0.1) is 6.92 Å². The minimum Gasteiger partial charge on any atom is -0.455 e. The Bertz CT molecular complexity index is 614. The highest BCUT2D eigenvalue weighted by molar-refractivity contribution is 7.98. The first-order valence-corrected chi connectivity index (χ1v) is 6.90. The molecule has 1 aromatic carbocycles. The number of carbonyl (C=O) groups excluding carboxylic acids is 1. The van der Waals surface area contributed by atoms with E-state index in [1.54, 1.807) is 17.8 Å². The molecule has 2 rings (SSSR count). The Hall–Kier alpha value is -2.01. The summed E-state index contributed by atoms with van der Waals surface area (Å²) in [5.41, 5.74) is 6.62. The quantitative estimate of drug-likeness (QED) is 0.870. The summed E-state index contributed by atoms with van der Waals surface area (Å²) in [6, 6.07) is 7.41. The van der Waals surface area contributed by atoms with E-state index < -0.39 is 5.91 Å². The Morgan fingerprint density at radius 2 is 2.11 bits per heavy atom. The third-order valence-electron chi connectivity index (χ3n) is 2.65. The Morgan fingerprint density at radius 1 is 1.32 bits per heavy atom. The number of nitrogens with zero attached hydrogens (tertiary/aromatic N) is 1. The van der Waals surface area contributed by atoms with E-state index in [2.05, 4.69) is 4.98 Å². The number of hydrogen-bond donors (Lipinski definition) is 1. The van der Waals surface area contributed by atoms with E-state index >= 15 is 0 Å². The number of aromatic nitrogens is 1. The summed E-state index contributed by atoms with van der Waals surface area (Å²) in [4.78, 5) is 16.4. The van der Waals surface area contributed by atoms with Gasteiger partial charge >= 0.3 is 0 Å². The molecule has 98 valence electrons. The molecule has 0 atom stereocenters. The summed E-state index contributed by atoms with van der Waals surface area (Å²) in [5, 5.41) is 0. The summed E-state index contributed by atoms with van der Waals surface area (Å²) < 4.78 is 5.73. The van der Waals surface area contributed by atoms with Crippen LogP contribution in [0.1, 0.15) is 15.9 Å². The van der Waals surface area contributed by atoms with Gasteiger partial charge in [0.05, 0.1) is 11.8 Å². The zero-order valence-electron chi connectivity index (χ0n) is 10.7. The van der Waals surface area contributed by atoms with Gasteiger partial charge in [-0.2, -0.15) is 0 Å². The highest BCUT2D eigenvalue weighted by atomic mass is 32.2. The van der Waals surface area contributed by atoms with Crippen molar-refractivity contribution in [2.75, 3.05) is 6.26 Å². The van der Waals surface area contributed by atoms with Crippen LogP contribution in [-0.2, 0) is 0 Å². The molecule has 2 aromatic rings. The molecule has 0 aliphatic carbocycles. The number of rotatable bonds is 4. The third-order valence-corrected chi connectivity index (χ3v) is 3.38. The van der Waals surface area contributed by atoms with E-state index in [0.717, 1.165) is 10.5 Å². The number of hydrogen-bond acceptors (Lipinski definition) is 4. The maximum atomic E-state index is 11.3. The fourth-order valence-electron chi connectivity index (χ4n) is 1.65. The average Bonchev–Trinajstić information content (AvgIpc) is 2.41. The van der Waals surface area contributed by atoms with E-state index in [-0.39, 0.29) is 0 Å². The number of nitrogens with two attached hydrogens (primary N) is 1. The minimum absolute atomic E-state index is 0.323. The summed E-state index contributed by atoms with van der Waals surface area (Å²) in [6.07, 6.45) is 5.01. The van der Waals surface area contributed by atoms with Gasteiger partial charge in [-0.05, 0) is 43.0 Å². The number of amides is 1. The van der Waals surface area contributed by atoms with Crippen LogP contribution in [0.4, 0.5) is 0 Å². The van der Waals surface area contributed by atoms with Crippen molar-refractivity contribution in [1.82, 2.24) is 4.98 Å². The molecule has 4 nitrogen and oxygen atoms in total. The molecule has 19 heavy (non-hydrogen) atoms. The van der Waals surface area contributed by atoms with Crippen LogP contribution in [-0.4, -0.2) is 17.1 Å². The van der Waals surface area contributed by atoms with E-state index in [9.17, 15) is 4.79 Å². The first-order chi connectivity index (χ1) is 9.11. The Kier molecular flexibility index (Phi) is 4.06. The van der Waals surface area contributed by atoms with Crippen LogP contribution >= 0.6 is 11.8 Å². The summed E-state index contributed by atoms with van der Waals surface area (Å²) in [5.74, 6) is 0.527. The van der Waals surface area contributed by atoms with Crippen LogP contribution in [0.15, 0.2) is 41.6 Å². The molecule has 0 fully saturated rings. The summed E-state index contributed by atoms with van der Waals surface area (Å²) >= 11 is 1.66. The largest absolute Gasteiger partial charge is 0.455 e. The molecule has 0 unspecified atom stereocenters. The maximum absolute atomic E-state index is 11.3. The second-order valence-corrected chi connectivity index (χ2v) is 4.85. The molecule has 5 heteroatoms. The lowest BCUT2D eigenvalue weighted by Crippen LogP contribution is -2.12. The Balaban J connectivity index is 2.34. The highest BCUT2D eigenvalue weighted by Crippen LogP contribution is 2.29. The van der Waals surface area contributed by atoms with Crippen LogP contribution in [0.3, 0.4) is 0 Å². The van der Waals surface area contributed by atoms with Gasteiger partial charge in [-0.1, -0.05) is 0 Å². The number of aryl methyl sites for hydroxylation is 1. The predicted molar refractivity (Wildman–Crippen MR) is 75.8 cm³/mol. The topological polar surface area (TPSA) is 65.2 Å². The molecule has 0 spiro atoms. The zero-order chi connectivity index (χ0) is 13.8. The van der Waals surface area contributed by atoms with Gasteiger partial charge in [0, 0.05) is 11.1 Å². The molecule has 0 saturated carbocycles. The molecule has 0 bridgehead atoms. The SMILES string of the molecule is CSc1ccc(Oc2cnccc2C(N)=O)c(C)c1. The van der Waals surface area contributed by atoms with Crippen molar-refractivity contribution in [3.05, 3.63) is 47.8 Å². The Labute approximate surface area is 116 Å². The van der Waals surface area contributed by atoms with E-state index in [1.165, 1.54) is 12.4 Å². The summed E-state index contributed by atoms with van der Waals surface area (Å²) in [7, 11) is 0. The lowest BCUT2D eigenvalue weighted by atomic mass is 10.2. The van der Waals surface area contributed by atoms with E-state index in [0.29, 0.717) is 17.1 Å². The fraction of sp³-hybridized carbons (Fsp3) is 0.143. The average molecular weight is 274 g/mol. The fourth-order valence-corrected chi connectivity index (χ4v) is 2.15. The minimum atomic E-state index is -0.532. The highest BCUT2D eigenvalue weighted by Gasteiger charge is 2.11. The van der Waals surface area contributed by atoms with Gasteiger partial charge in [-0.25, -0.2) is 0 Å². The Morgan fingerprint density at radius 3 is 2.74 bits per heavy atom. The third kappa shape index (κ3) is 3.06. The summed E-state index contributed by atoms with van der Waals surface area (Å²) in [6.45, 7) is 1.95. The van der Waals surface area contributed by atoms with Gasteiger partial charge < -0.3 is 10.5 Å². The molecule has 0 aliphatic rings. The van der Waals surface area contributed by atoms with Crippen molar-refractivity contribution in [1.29, 1.82) is 0 Å². The van der Waals surface area contributed by atoms with Gasteiger partial charge in [-0.3, -0.25) is 9.78 Å². The second-order valence-electron chi connectivity index (χ2n) is 3.97. The first-order valence-electron chi connectivity index (χ1n) is 5.68. The number of thioether (sulfide) groups is 1. The standard InChI is InChI=1S/C14H14N2O2S/c1-9-7-10(19-2)3-4-12(9)18-13-8-16-6-5-11(13)14(15)17/h3-8H,1-2H3,(H2,15,17). The molecule has 0 aliphatic heterocycles. The lowest BCUT2D eigenvalue weighted by Gasteiger charge is -2.11. The monoisotopic (exact) mass is 274 g/mol. The van der Waals surface area contributed by atoms with Crippen LogP contribution in [0.5, 0.6) is 11.5 Å². The number of pyridine rings is 1. The molecule has 2 N–H and O–H groups in total. The van der Waals surface area contributed by atoms with Crippen molar-refractivity contribution in [3.8, 4) is 11.5 Å². The van der Waals surface area contributed by atoms with E-state index in [4.69, 9.17) is 10.5 Å². The first kappa shape index (κ1) is 13.4.